The van der Waals surface area contributed by atoms with E-state index >= 15 is 0 Å². The molecule has 4 N–H and O–H groups in total. The zero-order valence-electron chi connectivity index (χ0n) is 23.3. The van der Waals surface area contributed by atoms with Crippen LogP contribution in [0.4, 0.5) is 0 Å². The fourth-order valence-electron chi connectivity index (χ4n) is 4.86. The van der Waals surface area contributed by atoms with Crippen molar-refractivity contribution in [1.82, 2.24) is 0 Å². The summed E-state index contributed by atoms with van der Waals surface area (Å²) in [6, 6.07) is 0. The van der Waals surface area contributed by atoms with Crippen LogP contribution in [0.15, 0.2) is 72.4 Å². The molecule has 2 aliphatic rings. The predicted octanol–water partition coefficient (Wildman–Crippen LogP) is 4.09. The van der Waals surface area contributed by atoms with E-state index in [2.05, 4.69) is 33.6 Å². The smallest absolute Gasteiger partial charge is 0.331 e. The lowest BCUT2D eigenvalue weighted by molar-refractivity contribution is -0.146. The first-order valence-electron chi connectivity index (χ1n) is 13.5. The van der Waals surface area contributed by atoms with E-state index in [9.17, 15) is 25.2 Å². The monoisotopic (exact) mass is 530 g/mol. The van der Waals surface area contributed by atoms with Crippen molar-refractivity contribution >= 4 is 5.97 Å². The SMILES string of the molecule is C=C1C/C=C\[C@H](O)[C@H](O)C(=C)[C@@H](O)[C@@H](O)C(=C)C/C=C\C(C)=C/C(=O)O[C@@H]([C@@H]2O[C@H]2[C@@H](C)CCC)[C@@H](C)C1. The highest BCUT2D eigenvalue weighted by molar-refractivity contribution is 5.83. The molecule has 0 bridgehead atoms. The maximum absolute atomic E-state index is 12.8. The largest absolute Gasteiger partial charge is 0.456 e. The summed E-state index contributed by atoms with van der Waals surface area (Å²) in [5.41, 5.74) is 1.70. The number of epoxide rings is 1. The minimum Gasteiger partial charge on any atom is -0.456 e. The van der Waals surface area contributed by atoms with Gasteiger partial charge in [0.15, 0.2) is 0 Å². The maximum Gasteiger partial charge on any atom is 0.331 e. The van der Waals surface area contributed by atoms with E-state index < -0.39 is 36.5 Å². The Morgan fingerprint density at radius 3 is 2.37 bits per heavy atom. The van der Waals surface area contributed by atoms with Gasteiger partial charge in [-0.25, -0.2) is 4.79 Å². The molecule has 0 aromatic carbocycles. The lowest BCUT2D eigenvalue weighted by Gasteiger charge is -2.26. The highest BCUT2D eigenvalue weighted by atomic mass is 16.6. The summed E-state index contributed by atoms with van der Waals surface area (Å²) in [6.45, 7) is 19.7. The second-order valence-corrected chi connectivity index (χ2v) is 10.8. The third-order valence-electron chi connectivity index (χ3n) is 7.26. The number of allylic oxidation sites excluding steroid dienone is 5. The molecule has 2 aliphatic heterocycles. The summed E-state index contributed by atoms with van der Waals surface area (Å²) in [5.74, 6) is -0.134. The molecule has 1 fully saturated rings. The Morgan fingerprint density at radius 1 is 1.03 bits per heavy atom. The Hall–Kier alpha value is -2.29. The van der Waals surface area contributed by atoms with Crippen LogP contribution in [-0.2, 0) is 14.3 Å². The van der Waals surface area contributed by atoms with Crippen LogP contribution in [0.3, 0.4) is 0 Å². The Bertz CT molecular complexity index is 946. The van der Waals surface area contributed by atoms with Gasteiger partial charge >= 0.3 is 5.97 Å². The molecule has 7 heteroatoms. The molecule has 38 heavy (non-hydrogen) atoms. The zero-order chi connectivity index (χ0) is 28.6. The van der Waals surface area contributed by atoms with E-state index in [0.717, 1.165) is 18.4 Å². The number of ether oxygens (including phenoxy) is 2. The van der Waals surface area contributed by atoms with Crippen LogP contribution in [0.5, 0.6) is 0 Å². The molecular formula is C31H46O7. The Balaban J connectivity index is 2.28. The second kappa shape index (κ2) is 14.8. The number of carbonyl (C=O) groups is 1. The van der Waals surface area contributed by atoms with Crippen molar-refractivity contribution in [2.45, 2.75) is 103 Å². The van der Waals surface area contributed by atoms with Crippen LogP contribution in [0, 0.1) is 11.8 Å². The number of cyclic esters (lactones) is 1. The van der Waals surface area contributed by atoms with E-state index in [0.29, 0.717) is 29.9 Å². The van der Waals surface area contributed by atoms with Gasteiger partial charge in [0.25, 0.3) is 0 Å². The minimum atomic E-state index is -1.51. The van der Waals surface area contributed by atoms with Crippen molar-refractivity contribution in [3.63, 3.8) is 0 Å². The maximum atomic E-state index is 12.8. The highest BCUT2D eigenvalue weighted by Gasteiger charge is 2.51. The van der Waals surface area contributed by atoms with Gasteiger partial charge in [0.05, 0.1) is 6.10 Å². The second-order valence-electron chi connectivity index (χ2n) is 10.8. The summed E-state index contributed by atoms with van der Waals surface area (Å²) >= 11 is 0. The zero-order valence-corrected chi connectivity index (χ0v) is 23.3. The summed E-state index contributed by atoms with van der Waals surface area (Å²) in [5, 5.41) is 41.8. The van der Waals surface area contributed by atoms with Gasteiger partial charge in [-0.3, -0.25) is 0 Å². The van der Waals surface area contributed by atoms with Crippen molar-refractivity contribution < 1.29 is 34.7 Å². The van der Waals surface area contributed by atoms with Gasteiger partial charge in [-0.05, 0) is 61.2 Å². The molecule has 0 aromatic rings. The molecule has 9 atom stereocenters. The van der Waals surface area contributed by atoms with E-state index in [-0.39, 0.29) is 30.1 Å². The molecular weight excluding hydrogens is 484 g/mol. The average Bonchev–Trinajstić information content (AvgIpc) is 3.65. The third-order valence-corrected chi connectivity index (χ3v) is 7.26. The van der Waals surface area contributed by atoms with Gasteiger partial charge in [0.2, 0.25) is 0 Å². The van der Waals surface area contributed by atoms with Crippen molar-refractivity contribution in [1.29, 1.82) is 0 Å². The van der Waals surface area contributed by atoms with Gasteiger partial charge in [-0.1, -0.05) is 76.8 Å². The Morgan fingerprint density at radius 2 is 1.71 bits per heavy atom. The van der Waals surface area contributed by atoms with Crippen molar-refractivity contribution in [3.8, 4) is 0 Å². The van der Waals surface area contributed by atoms with E-state index in [1.54, 1.807) is 25.2 Å². The van der Waals surface area contributed by atoms with Crippen molar-refractivity contribution in [2.24, 2.45) is 11.8 Å². The number of hydrogen-bond acceptors (Lipinski definition) is 7. The van der Waals surface area contributed by atoms with Crippen LogP contribution in [-0.4, -0.2) is 69.1 Å². The van der Waals surface area contributed by atoms with Gasteiger partial charge in [-0.2, -0.15) is 0 Å². The first kappa shape index (κ1) is 31.9. The molecule has 0 amide bonds. The summed E-state index contributed by atoms with van der Waals surface area (Å²) in [4.78, 5) is 12.8. The Labute approximate surface area is 227 Å². The van der Waals surface area contributed by atoms with Gasteiger partial charge in [-0.15, -0.1) is 0 Å². The molecule has 212 valence electrons. The van der Waals surface area contributed by atoms with Gasteiger partial charge in [0, 0.05) is 6.08 Å². The van der Waals surface area contributed by atoms with Crippen LogP contribution < -0.4 is 0 Å². The van der Waals surface area contributed by atoms with Crippen LogP contribution >= 0.6 is 0 Å². The van der Waals surface area contributed by atoms with Crippen LogP contribution in [0.25, 0.3) is 0 Å². The normalized spacial score (nSPS) is 38.5. The number of carbonyl (C=O) groups excluding carboxylic acids is 1. The minimum absolute atomic E-state index is 0.0474. The van der Waals surface area contributed by atoms with Crippen molar-refractivity contribution in [2.75, 3.05) is 0 Å². The van der Waals surface area contributed by atoms with Gasteiger partial charge in [0.1, 0.15) is 36.6 Å². The van der Waals surface area contributed by atoms with E-state index in [1.165, 1.54) is 12.2 Å². The Kier molecular flexibility index (Phi) is 12.4. The summed E-state index contributed by atoms with van der Waals surface area (Å²) in [6.07, 6.45) is 5.05. The highest BCUT2D eigenvalue weighted by Crippen LogP contribution is 2.39. The lowest BCUT2D eigenvalue weighted by atomic mass is 9.89. The summed E-state index contributed by atoms with van der Waals surface area (Å²) < 4.78 is 11.9. The molecule has 0 radical (unpaired) electrons. The molecule has 0 saturated carbocycles. The number of aliphatic hydroxyl groups is 4. The molecule has 2 heterocycles. The summed E-state index contributed by atoms with van der Waals surface area (Å²) in [7, 11) is 0. The predicted molar refractivity (Wildman–Crippen MR) is 149 cm³/mol. The lowest BCUT2D eigenvalue weighted by Crippen LogP contribution is -2.37. The topological polar surface area (TPSA) is 120 Å². The number of rotatable bonds is 4. The first-order chi connectivity index (χ1) is 17.9. The molecule has 1 saturated heterocycles. The molecule has 7 nitrogen and oxygen atoms in total. The number of hydrogen-bond donors (Lipinski definition) is 4. The number of aliphatic hydroxyl groups excluding tert-OH is 4. The molecule has 2 rings (SSSR count). The fraction of sp³-hybridized carbons (Fsp3) is 0.581. The number of esters is 1. The molecule has 0 spiro atoms. The van der Waals surface area contributed by atoms with Gasteiger partial charge < -0.3 is 29.9 Å². The molecule has 0 aliphatic carbocycles. The quantitative estimate of drug-likeness (QED) is 0.245. The average molecular weight is 531 g/mol. The van der Waals surface area contributed by atoms with E-state index in [4.69, 9.17) is 9.47 Å². The van der Waals surface area contributed by atoms with Crippen LogP contribution in [0.1, 0.15) is 59.8 Å². The molecule has 0 aromatic heterocycles. The van der Waals surface area contributed by atoms with E-state index in [1.807, 2.05) is 6.92 Å². The van der Waals surface area contributed by atoms with Crippen LogP contribution in [0.2, 0.25) is 0 Å². The third kappa shape index (κ3) is 9.17. The molecule has 0 unspecified atom stereocenters. The fourth-order valence-corrected chi connectivity index (χ4v) is 4.86. The standard InChI is InChI=1S/C31H46O7/c1-8-11-21(5)29-31(38-29)30-22(6)16-18(2)13-10-15-24(32)27(35)23(7)28(36)26(34)20(4)14-9-12-19(3)17-25(33)37-30/h9-10,12,15,17,21-22,24,26-32,34-36H,2,4,7-8,11,13-14,16H2,1,3,5-6H3/b12-9-,15-10-,19-17-/t21-,22-,24-,26-,27+,28+,29-,30+,31+/m0/s1. The first-order valence-corrected chi connectivity index (χ1v) is 13.5. The van der Waals surface area contributed by atoms with Crippen molar-refractivity contribution in [3.05, 3.63) is 72.4 Å².